The summed E-state index contributed by atoms with van der Waals surface area (Å²) in [7, 11) is 3.17. The van der Waals surface area contributed by atoms with Crippen molar-refractivity contribution in [2.75, 3.05) is 14.2 Å². The Morgan fingerprint density at radius 3 is 2.71 bits per heavy atom. The minimum absolute atomic E-state index is 0.277. The second-order valence-electron chi connectivity index (χ2n) is 3.73. The number of aliphatic carboxylic acids is 1. The molecule has 5 nitrogen and oxygen atoms in total. The van der Waals surface area contributed by atoms with E-state index in [1.165, 1.54) is 0 Å². The second-order valence-corrected chi connectivity index (χ2v) is 3.73. The highest BCUT2D eigenvalue weighted by molar-refractivity contribution is 5.73. The Labute approximate surface area is 100 Å². The summed E-state index contributed by atoms with van der Waals surface area (Å²) in [5, 5.41) is 8.73. The van der Waals surface area contributed by atoms with Crippen LogP contribution in [0.4, 0.5) is 0 Å². The molecule has 0 aliphatic carbocycles. The quantitative estimate of drug-likeness (QED) is 0.767. The van der Waals surface area contributed by atoms with Gasteiger partial charge >= 0.3 is 5.97 Å². The van der Waals surface area contributed by atoms with Gasteiger partial charge < -0.3 is 20.3 Å². The summed E-state index contributed by atoms with van der Waals surface area (Å²) < 4.78 is 10.2. The number of carboxylic acids is 1. The first kappa shape index (κ1) is 13.5. The third-order valence-corrected chi connectivity index (χ3v) is 2.42. The lowest BCUT2D eigenvalue weighted by Gasteiger charge is -2.11. The van der Waals surface area contributed by atoms with E-state index in [4.69, 9.17) is 20.3 Å². The minimum atomic E-state index is -1.01. The Balaban J connectivity index is 2.85. The van der Waals surface area contributed by atoms with Gasteiger partial charge in [-0.25, -0.2) is 0 Å². The van der Waals surface area contributed by atoms with Crippen LogP contribution in [0.5, 0.6) is 5.75 Å². The maximum absolute atomic E-state index is 10.7. The van der Waals surface area contributed by atoms with Gasteiger partial charge in [0.25, 0.3) is 0 Å². The highest BCUT2D eigenvalue weighted by atomic mass is 16.5. The Bertz CT molecular complexity index is 392. The number of ether oxygens (including phenoxy) is 2. The Morgan fingerprint density at radius 1 is 1.47 bits per heavy atom. The van der Waals surface area contributed by atoms with Crippen molar-refractivity contribution in [2.45, 2.75) is 19.1 Å². The Morgan fingerprint density at radius 2 is 2.18 bits per heavy atom. The summed E-state index contributed by atoms with van der Waals surface area (Å²) in [6.45, 7) is 0.453. The van der Waals surface area contributed by atoms with Crippen LogP contribution in [0.25, 0.3) is 0 Å². The standard InChI is InChI=1S/C12H17NO4/c1-16-7-9-4-3-8(6-11(9)17-2)5-10(13)12(14)15/h3-4,6,10H,5,7,13H2,1-2H3,(H,14,15). The summed E-state index contributed by atoms with van der Waals surface area (Å²) in [4.78, 5) is 10.7. The van der Waals surface area contributed by atoms with Crippen LogP contribution in [0.3, 0.4) is 0 Å². The molecule has 0 saturated carbocycles. The fraction of sp³-hybridized carbons (Fsp3) is 0.417. The minimum Gasteiger partial charge on any atom is -0.496 e. The summed E-state index contributed by atoms with van der Waals surface area (Å²) in [5.74, 6) is -0.327. The van der Waals surface area contributed by atoms with E-state index in [2.05, 4.69) is 0 Å². The molecule has 1 aromatic rings. The smallest absolute Gasteiger partial charge is 0.320 e. The molecule has 0 spiro atoms. The summed E-state index contributed by atoms with van der Waals surface area (Å²) in [6.07, 6.45) is 0.277. The molecule has 1 unspecified atom stereocenters. The van der Waals surface area contributed by atoms with E-state index >= 15 is 0 Å². The van der Waals surface area contributed by atoms with Crippen molar-refractivity contribution in [3.05, 3.63) is 29.3 Å². The van der Waals surface area contributed by atoms with Crippen LogP contribution in [-0.4, -0.2) is 31.3 Å². The van der Waals surface area contributed by atoms with Crippen molar-refractivity contribution in [3.8, 4) is 5.75 Å². The van der Waals surface area contributed by atoms with Gasteiger partial charge in [0.05, 0.1) is 13.7 Å². The molecule has 0 bridgehead atoms. The van der Waals surface area contributed by atoms with E-state index in [1.54, 1.807) is 20.3 Å². The molecule has 0 heterocycles. The predicted molar refractivity (Wildman–Crippen MR) is 63.0 cm³/mol. The molecule has 0 aromatic heterocycles. The maximum Gasteiger partial charge on any atom is 0.320 e. The van der Waals surface area contributed by atoms with Crippen LogP contribution in [-0.2, 0) is 22.6 Å². The molecule has 3 N–H and O–H groups in total. The van der Waals surface area contributed by atoms with Crippen molar-refractivity contribution >= 4 is 5.97 Å². The first-order valence-electron chi connectivity index (χ1n) is 5.21. The van der Waals surface area contributed by atoms with Crippen LogP contribution < -0.4 is 10.5 Å². The normalized spacial score (nSPS) is 12.2. The third kappa shape index (κ3) is 3.72. The van der Waals surface area contributed by atoms with Crippen molar-refractivity contribution in [1.82, 2.24) is 0 Å². The van der Waals surface area contributed by atoms with Gasteiger partial charge in [0, 0.05) is 12.7 Å². The molecule has 0 radical (unpaired) electrons. The van der Waals surface area contributed by atoms with Crippen LogP contribution in [0.2, 0.25) is 0 Å². The average Bonchev–Trinajstić information content (AvgIpc) is 2.31. The van der Waals surface area contributed by atoms with Gasteiger partial charge in [-0.15, -0.1) is 0 Å². The largest absolute Gasteiger partial charge is 0.496 e. The number of nitrogens with two attached hydrogens (primary N) is 1. The maximum atomic E-state index is 10.7. The lowest BCUT2D eigenvalue weighted by atomic mass is 10.0. The van der Waals surface area contributed by atoms with E-state index in [0.717, 1.165) is 11.1 Å². The zero-order valence-electron chi connectivity index (χ0n) is 9.97. The van der Waals surface area contributed by atoms with Crippen LogP contribution in [0.1, 0.15) is 11.1 Å². The van der Waals surface area contributed by atoms with Crippen molar-refractivity contribution in [2.24, 2.45) is 5.73 Å². The second kappa shape index (κ2) is 6.22. The molecular weight excluding hydrogens is 222 g/mol. The number of rotatable bonds is 6. The number of carboxylic acid groups (broad SMARTS) is 1. The van der Waals surface area contributed by atoms with E-state index in [1.807, 2.05) is 12.1 Å². The summed E-state index contributed by atoms with van der Waals surface area (Å²) in [6, 6.07) is 4.58. The van der Waals surface area contributed by atoms with Crippen LogP contribution >= 0.6 is 0 Å². The number of hydrogen-bond donors (Lipinski definition) is 2. The zero-order valence-corrected chi connectivity index (χ0v) is 9.97. The summed E-state index contributed by atoms with van der Waals surface area (Å²) >= 11 is 0. The molecule has 17 heavy (non-hydrogen) atoms. The Hall–Kier alpha value is -1.59. The highest BCUT2D eigenvalue weighted by Crippen LogP contribution is 2.21. The predicted octanol–water partition coefficient (Wildman–Crippen LogP) is 0.796. The molecule has 0 aliphatic heterocycles. The fourth-order valence-corrected chi connectivity index (χ4v) is 1.53. The molecule has 1 atom stereocenters. The van der Waals surface area contributed by atoms with E-state index in [9.17, 15) is 4.79 Å². The van der Waals surface area contributed by atoms with Crippen molar-refractivity contribution in [3.63, 3.8) is 0 Å². The van der Waals surface area contributed by atoms with Gasteiger partial charge in [-0.05, 0) is 18.1 Å². The molecular formula is C12H17NO4. The van der Waals surface area contributed by atoms with Crippen molar-refractivity contribution < 1.29 is 19.4 Å². The number of hydrogen-bond acceptors (Lipinski definition) is 4. The van der Waals surface area contributed by atoms with Crippen LogP contribution in [0, 0.1) is 0 Å². The zero-order chi connectivity index (χ0) is 12.8. The highest BCUT2D eigenvalue weighted by Gasteiger charge is 2.13. The lowest BCUT2D eigenvalue weighted by Crippen LogP contribution is -2.32. The van der Waals surface area contributed by atoms with E-state index < -0.39 is 12.0 Å². The Kier molecular flexibility index (Phi) is 4.93. The first-order chi connectivity index (χ1) is 8.08. The molecule has 1 aromatic carbocycles. The van der Waals surface area contributed by atoms with Gasteiger partial charge in [-0.3, -0.25) is 4.79 Å². The molecule has 94 valence electrons. The molecule has 5 heteroatoms. The lowest BCUT2D eigenvalue weighted by molar-refractivity contribution is -0.138. The van der Waals surface area contributed by atoms with Crippen molar-refractivity contribution in [1.29, 1.82) is 0 Å². The number of benzene rings is 1. The third-order valence-electron chi connectivity index (χ3n) is 2.42. The molecule has 1 rings (SSSR count). The van der Waals surface area contributed by atoms with Gasteiger partial charge in [-0.2, -0.15) is 0 Å². The summed E-state index contributed by atoms with van der Waals surface area (Å²) in [5.41, 5.74) is 7.22. The SMILES string of the molecule is COCc1ccc(CC(N)C(=O)O)cc1OC. The average molecular weight is 239 g/mol. The first-order valence-corrected chi connectivity index (χ1v) is 5.21. The number of methoxy groups -OCH3 is 2. The molecule has 0 saturated heterocycles. The van der Waals surface area contributed by atoms with E-state index in [-0.39, 0.29) is 6.42 Å². The molecule has 0 aliphatic rings. The monoisotopic (exact) mass is 239 g/mol. The molecule has 0 amide bonds. The van der Waals surface area contributed by atoms with Gasteiger partial charge in [0.1, 0.15) is 11.8 Å². The van der Waals surface area contributed by atoms with E-state index in [0.29, 0.717) is 12.4 Å². The topological polar surface area (TPSA) is 81.8 Å². The van der Waals surface area contributed by atoms with Gasteiger partial charge in [0.2, 0.25) is 0 Å². The van der Waals surface area contributed by atoms with Gasteiger partial charge in [0.15, 0.2) is 0 Å². The van der Waals surface area contributed by atoms with Crippen LogP contribution in [0.15, 0.2) is 18.2 Å². The number of carbonyl (C=O) groups is 1. The molecule has 0 fully saturated rings. The fourth-order valence-electron chi connectivity index (χ4n) is 1.53. The van der Waals surface area contributed by atoms with Gasteiger partial charge in [-0.1, -0.05) is 12.1 Å².